The van der Waals surface area contributed by atoms with E-state index in [0.29, 0.717) is 0 Å². The van der Waals surface area contributed by atoms with Gasteiger partial charge in [0.1, 0.15) is 66.9 Å². The molecule has 15 atom stereocenters. The van der Waals surface area contributed by atoms with E-state index in [9.17, 15) is 64.2 Å². The minimum absolute atomic E-state index is 0.0810. The van der Waals surface area contributed by atoms with Crippen molar-refractivity contribution in [3.8, 4) is 0 Å². The van der Waals surface area contributed by atoms with Gasteiger partial charge in [0, 0.05) is 13.3 Å². The van der Waals surface area contributed by atoms with Gasteiger partial charge in [-0.2, -0.15) is 0 Å². The van der Waals surface area contributed by atoms with Gasteiger partial charge >= 0.3 is 5.97 Å². The molecule has 2 aliphatic heterocycles. The van der Waals surface area contributed by atoms with E-state index in [0.717, 1.165) is 6.92 Å². The number of rotatable bonds is 22. The lowest BCUT2D eigenvalue weighted by atomic mass is 9.94. The maximum Gasteiger partial charge on any atom is 0.326 e. The van der Waals surface area contributed by atoms with Crippen molar-refractivity contribution in [2.24, 2.45) is 22.9 Å². The smallest absolute Gasteiger partial charge is 0.326 e. The van der Waals surface area contributed by atoms with Crippen molar-refractivity contribution in [3.63, 3.8) is 0 Å². The number of aliphatic carboxylic acids is 1. The van der Waals surface area contributed by atoms with Gasteiger partial charge in [-0.05, 0) is 39.5 Å². The van der Waals surface area contributed by atoms with E-state index in [4.69, 9.17) is 41.9 Å². The number of carboxylic acids is 1. The molecule has 0 saturated carbocycles. The van der Waals surface area contributed by atoms with Crippen LogP contribution >= 0.6 is 0 Å². The third-order valence-electron chi connectivity index (χ3n) is 9.24. The van der Waals surface area contributed by atoms with Gasteiger partial charge in [-0.25, -0.2) is 4.79 Å². The van der Waals surface area contributed by atoms with Gasteiger partial charge in [-0.1, -0.05) is 0 Å². The monoisotopic (exact) mass is 824 g/mol. The first kappa shape index (κ1) is 49.0. The molecule has 0 radical (unpaired) electrons. The molecule has 25 heteroatoms. The molecule has 0 aliphatic carbocycles. The van der Waals surface area contributed by atoms with Crippen molar-refractivity contribution in [2.45, 2.75) is 144 Å². The van der Waals surface area contributed by atoms with Crippen molar-refractivity contribution >= 4 is 41.4 Å². The first-order valence-electron chi connectivity index (χ1n) is 18.0. The Hall–Kier alpha value is -4.15. The number of hydrogen-bond donors (Lipinski definition) is 14. The first-order valence-corrected chi connectivity index (χ1v) is 18.0. The predicted octanol–water partition coefficient (Wildman–Crippen LogP) is -8.07. The summed E-state index contributed by atoms with van der Waals surface area (Å²) in [5, 5.41) is 70.0. The van der Waals surface area contributed by atoms with Gasteiger partial charge in [0.15, 0.2) is 12.6 Å². The van der Waals surface area contributed by atoms with Gasteiger partial charge in [0.25, 0.3) is 0 Å². The number of ether oxygens (including phenoxy) is 4. The predicted molar refractivity (Wildman–Crippen MR) is 189 cm³/mol. The van der Waals surface area contributed by atoms with Crippen LogP contribution in [0.25, 0.3) is 0 Å². The second-order valence-electron chi connectivity index (χ2n) is 13.7. The topological polar surface area (TPSA) is 430 Å². The molecule has 0 aromatic rings. The van der Waals surface area contributed by atoms with Crippen molar-refractivity contribution in [1.29, 1.82) is 0 Å². The molecule has 0 spiro atoms. The quantitative estimate of drug-likeness (QED) is 0.0482. The van der Waals surface area contributed by atoms with Crippen LogP contribution in [0.5, 0.6) is 0 Å². The molecule has 25 nitrogen and oxygen atoms in total. The Bertz CT molecular complexity index is 1410. The Kier molecular flexibility index (Phi) is 19.5. The van der Waals surface area contributed by atoms with Gasteiger partial charge in [-0.3, -0.25) is 28.8 Å². The molecule has 2 rings (SSSR count). The van der Waals surface area contributed by atoms with Gasteiger partial charge in [0.2, 0.25) is 35.4 Å². The number of aliphatic hydroxyl groups is 5. The minimum Gasteiger partial charge on any atom is -0.480 e. The lowest BCUT2D eigenvalue weighted by Gasteiger charge is -2.48. The summed E-state index contributed by atoms with van der Waals surface area (Å²) in [5.41, 5.74) is 22.2. The molecule has 2 aliphatic rings. The highest BCUT2D eigenvalue weighted by Crippen LogP contribution is 2.30. The summed E-state index contributed by atoms with van der Waals surface area (Å²) in [7, 11) is 0. The number of nitrogens with two attached hydrogens (primary N) is 4. The fourth-order valence-electron chi connectivity index (χ4n) is 5.92. The number of hydrogen-bond acceptors (Lipinski definition) is 18. The van der Waals surface area contributed by atoms with Crippen molar-refractivity contribution in [2.75, 3.05) is 13.2 Å². The summed E-state index contributed by atoms with van der Waals surface area (Å²) in [6.45, 7) is 1.99. The van der Waals surface area contributed by atoms with Gasteiger partial charge in [-0.15, -0.1) is 0 Å². The zero-order chi connectivity index (χ0) is 43.3. The van der Waals surface area contributed by atoms with Crippen LogP contribution in [-0.4, -0.2) is 177 Å². The minimum atomic E-state index is -1.77. The van der Waals surface area contributed by atoms with E-state index < -0.39 is 153 Å². The molecule has 6 amide bonds. The Morgan fingerprint density at radius 3 is 1.96 bits per heavy atom. The van der Waals surface area contributed by atoms with Crippen LogP contribution < -0.4 is 44.2 Å². The highest BCUT2D eigenvalue weighted by atomic mass is 16.7. The normalized spacial score (nSPS) is 30.1. The van der Waals surface area contributed by atoms with E-state index >= 15 is 0 Å². The molecule has 2 saturated heterocycles. The third-order valence-corrected chi connectivity index (χ3v) is 9.24. The van der Waals surface area contributed by atoms with E-state index in [1.807, 2.05) is 0 Å². The second kappa shape index (κ2) is 22.7. The molecule has 0 bridgehead atoms. The van der Waals surface area contributed by atoms with E-state index in [1.165, 1.54) is 13.8 Å². The van der Waals surface area contributed by atoms with E-state index in [-0.39, 0.29) is 25.7 Å². The van der Waals surface area contributed by atoms with Crippen LogP contribution in [0.2, 0.25) is 0 Å². The molecule has 15 unspecified atom stereocenters. The Morgan fingerprint density at radius 1 is 0.789 bits per heavy atom. The highest BCUT2D eigenvalue weighted by molar-refractivity contribution is 5.92. The first-order chi connectivity index (χ1) is 26.6. The summed E-state index contributed by atoms with van der Waals surface area (Å²) in [6.07, 6.45) is -14.7. The van der Waals surface area contributed by atoms with E-state index in [1.54, 1.807) is 0 Å². The standard InChI is InChI=1S/C32H56N8O17/c1-11(28(49)40-15(27(36)48)7-8-19(44)39-16(30(51)52)6-4-5-14(33)26(35)47)37-29(50)12(2)54-25-20(34)31(53)55-18(10-42)24(25)57-32-21(38-13(3)43)23(46)22(45)17(9-41)56-32/h11-12,14-18,20-25,31-32,41-42,45-46,53H,4-10,33-34H2,1-3H3,(H2,35,47)(H2,36,48)(H,37,50)(H,38,43)(H,39,44)(H,40,49)(H,51,52). The number of carbonyl (C=O) groups excluding carboxylic acids is 6. The molecule has 0 aromatic heterocycles. The summed E-state index contributed by atoms with van der Waals surface area (Å²) in [4.78, 5) is 85.4. The van der Waals surface area contributed by atoms with Crippen LogP contribution in [0.1, 0.15) is 52.9 Å². The number of carboxylic acid groups (broad SMARTS) is 1. The second-order valence-corrected chi connectivity index (χ2v) is 13.7. The average Bonchev–Trinajstić information content (AvgIpc) is 3.14. The lowest BCUT2D eigenvalue weighted by molar-refractivity contribution is -0.331. The number of amides is 6. The van der Waals surface area contributed by atoms with Crippen molar-refractivity contribution in [1.82, 2.24) is 21.3 Å². The van der Waals surface area contributed by atoms with Gasteiger partial charge in [0.05, 0.1) is 25.3 Å². The summed E-state index contributed by atoms with van der Waals surface area (Å²) >= 11 is 0. The highest BCUT2D eigenvalue weighted by Gasteiger charge is 2.51. The average molecular weight is 825 g/mol. The summed E-state index contributed by atoms with van der Waals surface area (Å²) in [5.74, 6) is -6.50. The van der Waals surface area contributed by atoms with Crippen molar-refractivity contribution < 1.29 is 83.1 Å². The summed E-state index contributed by atoms with van der Waals surface area (Å²) < 4.78 is 22.8. The molecule has 18 N–H and O–H groups in total. The molecule has 0 aromatic carbocycles. The van der Waals surface area contributed by atoms with Crippen LogP contribution in [0.15, 0.2) is 0 Å². The maximum absolute atomic E-state index is 13.2. The number of nitrogens with one attached hydrogen (secondary N) is 4. The van der Waals surface area contributed by atoms with Gasteiger partial charge < -0.3 is 93.8 Å². The third kappa shape index (κ3) is 14.3. The van der Waals surface area contributed by atoms with Crippen LogP contribution in [-0.2, 0) is 52.5 Å². The zero-order valence-corrected chi connectivity index (χ0v) is 31.6. The number of carbonyl (C=O) groups is 7. The lowest BCUT2D eigenvalue weighted by Crippen LogP contribution is -2.69. The Balaban J connectivity index is 2.08. The SMILES string of the molecule is CC(=O)NC1C(OC2C(CO)OC(O)C(N)C2OC(C)C(=O)NC(C)C(=O)NC(CCC(=O)NC(CCCC(N)C(N)=O)C(=O)O)C(N)=O)OC(CO)C(O)C1O. The molecule has 2 fully saturated rings. The van der Waals surface area contributed by atoms with Crippen LogP contribution in [0.3, 0.4) is 0 Å². The zero-order valence-electron chi connectivity index (χ0n) is 31.6. The fraction of sp³-hybridized carbons (Fsp3) is 0.781. The number of aliphatic hydroxyl groups excluding tert-OH is 5. The Labute approximate surface area is 326 Å². The van der Waals surface area contributed by atoms with E-state index in [2.05, 4.69) is 21.3 Å². The Morgan fingerprint density at radius 2 is 1.42 bits per heavy atom. The van der Waals surface area contributed by atoms with Crippen LogP contribution in [0.4, 0.5) is 0 Å². The molecular weight excluding hydrogens is 768 g/mol. The molecule has 2 heterocycles. The maximum atomic E-state index is 13.2. The molecule has 326 valence electrons. The molecule has 57 heavy (non-hydrogen) atoms. The fourth-order valence-corrected chi connectivity index (χ4v) is 5.92. The molecular formula is C32H56N8O17. The largest absolute Gasteiger partial charge is 0.480 e. The summed E-state index contributed by atoms with van der Waals surface area (Å²) in [6, 6.07) is -8.03. The van der Waals surface area contributed by atoms with Crippen molar-refractivity contribution in [3.05, 3.63) is 0 Å². The van der Waals surface area contributed by atoms with Crippen LogP contribution in [0, 0.1) is 0 Å². The number of primary amides is 2.